The number of nitrogen functional groups attached to an aromatic ring is 1. The van der Waals surface area contributed by atoms with Crippen LogP contribution in [0.5, 0.6) is 0 Å². The number of nitrogens with zero attached hydrogens (tertiary/aromatic N) is 3. The van der Waals surface area contributed by atoms with Crippen LogP contribution in [0.15, 0.2) is 47.3 Å². The summed E-state index contributed by atoms with van der Waals surface area (Å²) >= 11 is 0. The van der Waals surface area contributed by atoms with Gasteiger partial charge in [-0.3, -0.25) is 14.3 Å². The van der Waals surface area contributed by atoms with Gasteiger partial charge in [0.05, 0.1) is 5.39 Å². The Morgan fingerprint density at radius 3 is 2.61 bits per heavy atom. The zero-order chi connectivity index (χ0) is 23.7. The lowest BCUT2D eigenvalue weighted by Crippen LogP contribution is -2.23. The summed E-state index contributed by atoms with van der Waals surface area (Å²) in [5.74, 6) is 0.135. The molecule has 4 N–H and O–H groups in total. The number of hydrogen-bond acceptors (Lipinski definition) is 5. The molecule has 0 fully saturated rings. The van der Waals surface area contributed by atoms with Gasteiger partial charge in [0.25, 0.3) is 11.5 Å². The number of carbonyl (C=O) groups is 1. The average molecular weight is 445 g/mol. The Kier molecular flexibility index (Phi) is 6.00. The van der Waals surface area contributed by atoms with Crippen molar-refractivity contribution in [1.29, 1.82) is 0 Å². The number of H-pyrrole nitrogens is 1. The molecule has 2 aromatic heterocycles. The lowest BCUT2D eigenvalue weighted by molar-refractivity contribution is 0.0950. The van der Waals surface area contributed by atoms with E-state index in [0.717, 1.165) is 28.7 Å². The summed E-state index contributed by atoms with van der Waals surface area (Å²) in [7, 11) is 0. The quantitative estimate of drug-likeness (QED) is 0.417. The Bertz CT molecular complexity index is 1380. The molecule has 0 aliphatic heterocycles. The molecule has 0 radical (unpaired) electrons. The van der Waals surface area contributed by atoms with Crippen LogP contribution in [0, 0.1) is 13.8 Å². The summed E-state index contributed by atoms with van der Waals surface area (Å²) in [6.07, 6.45) is 0.816. The first-order valence-electron chi connectivity index (χ1n) is 11.0. The van der Waals surface area contributed by atoms with Gasteiger partial charge in [0.1, 0.15) is 11.2 Å². The molecule has 0 aliphatic rings. The molecule has 2 aromatic carbocycles. The van der Waals surface area contributed by atoms with E-state index < -0.39 is 0 Å². The minimum absolute atomic E-state index is 0.0312. The highest BCUT2D eigenvalue weighted by Crippen LogP contribution is 2.31. The Balaban J connectivity index is 1.61. The van der Waals surface area contributed by atoms with E-state index in [-0.39, 0.29) is 23.3 Å². The fraction of sp³-hybridized carbons (Fsp3) is 0.280. The topological polar surface area (TPSA) is 119 Å². The maximum atomic E-state index is 12.6. The number of benzene rings is 2. The van der Waals surface area contributed by atoms with Crippen molar-refractivity contribution in [1.82, 2.24) is 25.3 Å². The van der Waals surface area contributed by atoms with E-state index in [1.807, 2.05) is 70.2 Å². The second-order valence-corrected chi connectivity index (χ2v) is 8.41. The van der Waals surface area contributed by atoms with Crippen molar-refractivity contribution in [2.75, 3.05) is 5.73 Å². The molecule has 170 valence electrons. The van der Waals surface area contributed by atoms with E-state index >= 15 is 0 Å². The highest BCUT2D eigenvalue weighted by atomic mass is 16.1. The van der Waals surface area contributed by atoms with Crippen molar-refractivity contribution < 1.29 is 4.79 Å². The normalized spacial score (nSPS) is 12.1. The molecule has 1 atom stereocenters. The van der Waals surface area contributed by atoms with E-state index in [9.17, 15) is 9.59 Å². The molecule has 2 heterocycles. The van der Waals surface area contributed by atoms with Crippen molar-refractivity contribution in [2.45, 2.75) is 46.7 Å². The molecule has 0 aliphatic carbocycles. The summed E-state index contributed by atoms with van der Waals surface area (Å²) in [5.41, 5.74) is 11.3. The standard InChI is InChI=1S/C25H28N6O2/c1-5-16(4)31-22-20(23(26)28-29-25(22)33)21(30-31)18-10-8-17(9-11-18)13-27-24(32)19-12-14(2)6-7-15(19)3/h6-12,16H,5,13H2,1-4H3,(H2,26,28)(H,27,32)(H,29,33). The van der Waals surface area contributed by atoms with Gasteiger partial charge in [0.2, 0.25) is 0 Å². The van der Waals surface area contributed by atoms with Gasteiger partial charge in [-0.1, -0.05) is 48.9 Å². The second kappa shape index (κ2) is 8.90. The Hall–Kier alpha value is -3.94. The number of nitrogens with one attached hydrogen (secondary N) is 2. The first kappa shape index (κ1) is 22.3. The number of amides is 1. The van der Waals surface area contributed by atoms with Gasteiger partial charge in [-0.2, -0.15) is 10.2 Å². The van der Waals surface area contributed by atoms with E-state index in [0.29, 0.717) is 28.7 Å². The van der Waals surface area contributed by atoms with E-state index in [2.05, 4.69) is 15.5 Å². The van der Waals surface area contributed by atoms with Crippen LogP contribution in [0.2, 0.25) is 0 Å². The third kappa shape index (κ3) is 4.24. The molecule has 0 saturated carbocycles. The Labute approximate surface area is 191 Å². The highest BCUT2D eigenvalue weighted by molar-refractivity contribution is 5.99. The van der Waals surface area contributed by atoms with Crippen LogP contribution < -0.4 is 16.6 Å². The van der Waals surface area contributed by atoms with Gasteiger partial charge in [0.15, 0.2) is 5.82 Å². The zero-order valence-electron chi connectivity index (χ0n) is 19.3. The fourth-order valence-electron chi connectivity index (χ4n) is 3.85. The molecule has 4 rings (SSSR count). The maximum absolute atomic E-state index is 12.6. The molecule has 1 unspecified atom stereocenters. The Morgan fingerprint density at radius 1 is 1.18 bits per heavy atom. The molecule has 1 amide bonds. The number of fused-ring (bicyclic) bond motifs is 1. The number of anilines is 1. The van der Waals surface area contributed by atoms with Gasteiger partial charge in [-0.15, -0.1) is 0 Å². The lowest BCUT2D eigenvalue weighted by Gasteiger charge is -2.10. The van der Waals surface area contributed by atoms with E-state index in [4.69, 9.17) is 10.8 Å². The molecular weight excluding hydrogens is 416 g/mol. The number of rotatable bonds is 6. The summed E-state index contributed by atoms with van der Waals surface area (Å²) in [6.45, 7) is 8.35. The van der Waals surface area contributed by atoms with Crippen LogP contribution in [0.3, 0.4) is 0 Å². The maximum Gasteiger partial charge on any atom is 0.290 e. The third-order valence-corrected chi connectivity index (χ3v) is 5.99. The van der Waals surface area contributed by atoms with Gasteiger partial charge >= 0.3 is 0 Å². The van der Waals surface area contributed by atoms with Gasteiger partial charge in [-0.25, -0.2) is 5.10 Å². The summed E-state index contributed by atoms with van der Waals surface area (Å²) in [6, 6.07) is 13.6. The number of aromatic nitrogens is 4. The monoisotopic (exact) mass is 444 g/mol. The molecule has 0 saturated heterocycles. The predicted molar refractivity (Wildman–Crippen MR) is 130 cm³/mol. The number of aromatic amines is 1. The van der Waals surface area contributed by atoms with Crippen LogP contribution in [0.1, 0.15) is 53.4 Å². The summed E-state index contributed by atoms with van der Waals surface area (Å²) in [5, 5.41) is 14.6. The van der Waals surface area contributed by atoms with Gasteiger partial charge in [-0.05, 0) is 44.4 Å². The lowest BCUT2D eigenvalue weighted by atomic mass is 10.0. The minimum Gasteiger partial charge on any atom is -0.382 e. The summed E-state index contributed by atoms with van der Waals surface area (Å²) < 4.78 is 1.72. The fourth-order valence-corrected chi connectivity index (χ4v) is 3.85. The molecule has 8 heteroatoms. The molecule has 0 spiro atoms. The third-order valence-electron chi connectivity index (χ3n) is 5.99. The highest BCUT2D eigenvalue weighted by Gasteiger charge is 2.21. The number of nitrogens with two attached hydrogens (primary N) is 1. The zero-order valence-corrected chi connectivity index (χ0v) is 19.3. The van der Waals surface area contributed by atoms with Crippen LogP contribution in [-0.2, 0) is 6.54 Å². The first-order valence-corrected chi connectivity index (χ1v) is 11.0. The van der Waals surface area contributed by atoms with Crippen molar-refractivity contribution in [3.8, 4) is 11.3 Å². The van der Waals surface area contributed by atoms with Crippen LogP contribution >= 0.6 is 0 Å². The predicted octanol–water partition coefficient (Wildman–Crippen LogP) is 3.89. The smallest absolute Gasteiger partial charge is 0.290 e. The number of carbonyl (C=O) groups excluding carboxylic acids is 1. The van der Waals surface area contributed by atoms with E-state index in [1.54, 1.807) is 4.68 Å². The number of hydrogen-bond donors (Lipinski definition) is 3. The van der Waals surface area contributed by atoms with Crippen molar-refractivity contribution in [2.24, 2.45) is 0 Å². The molecule has 8 nitrogen and oxygen atoms in total. The first-order chi connectivity index (χ1) is 15.8. The average Bonchev–Trinajstić information content (AvgIpc) is 3.23. The van der Waals surface area contributed by atoms with Crippen molar-refractivity contribution >= 4 is 22.6 Å². The summed E-state index contributed by atoms with van der Waals surface area (Å²) in [4.78, 5) is 25.1. The van der Waals surface area contributed by atoms with Gasteiger partial charge in [0, 0.05) is 23.7 Å². The van der Waals surface area contributed by atoms with Crippen molar-refractivity contribution in [3.05, 3.63) is 75.1 Å². The Morgan fingerprint density at radius 2 is 1.91 bits per heavy atom. The van der Waals surface area contributed by atoms with Gasteiger partial charge < -0.3 is 11.1 Å². The second-order valence-electron chi connectivity index (χ2n) is 8.41. The largest absolute Gasteiger partial charge is 0.382 e. The molecule has 0 bridgehead atoms. The van der Waals surface area contributed by atoms with Crippen LogP contribution in [-0.4, -0.2) is 25.9 Å². The minimum atomic E-state index is -0.316. The SMILES string of the molecule is CCC(C)n1nc(-c2ccc(CNC(=O)c3cc(C)ccc3C)cc2)c2c(N)n[nH]c(=O)c21. The number of aryl methyl sites for hydroxylation is 2. The molecular formula is C25H28N6O2. The molecule has 33 heavy (non-hydrogen) atoms. The van der Waals surface area contributed by atoms with Crippen LogP contribution in [0.4, 0.5) is 5.82 Å². The molecule has 4 aromatic rings. The van der Waals surface area contributed by atoms with Crippen LogP contribution in [0.25, 0.3) is 22.2 Å². The van der Waals surface area contributed by atoms with Crippen molar-refractivity contribution in [3.63, 3.8) is 0 Å². The van der Waals surface area contributed by atoms with E-state index in [1.165, 1.54) is 0 Å².